The van der Waals surface area contributed by atoms with Crippen molar-refractivity contribution >= 4 is 34.6 Å². The second kappa shape index (κ2) is 7.75. The molecule has 5 nitrogen and oxygen atoms in total. The molecular weight excluding hydrogens is 377 g/mol. The van der Waals surface area contributed by atoms with Gasteiger partial charge in [-0.3, -0.25) is 14.5 Å². The molecule has 1 aliphatic rings. The lowest BCUT2D eigenvalue weighted by Crippen LogP contribution is -2.41. The van der Waals surface area contributed by atoms with Crippen molar-refractivity contribution in [1.29, 1.82) is 0 Å². The number of carbonyl (C=O) groups is 2. The van der Waals surface area contributed by atoms with Crippen LogP contribution in [0.4, 0.5) is 4.39 Å². The maximum Gasteiger partial charge on any atom is 0.260 e. The molecule has 0 unspecified atom stereocenters. The van der Waals surface area contributed by atoms with Crippen molar-refractivity contribution in [1.82, 2.24) is 14.9 Å². The Bertz CT molecular complexity index is 1030. The first-order valence-electron chi connectivity index (χ1n) is 9.25. The quantitative estimate of drug-likeness (QED) is 0.669. The first-order chi connectivity index (χ1) is 13.5. The van der Waals surface area contributed by atoms with Crippen LogP contribution in [0.1, 0.15) is 35.2 Å². The molecule has 0 radical (unpaired) electrons. The normalized spacial score (nSPS) is 17.7. The number of benzene rings is 2. The predicted octanol–water partition coefficient (Wildman–Crippen LogP) is 4.32. The first kappa shape index (κ1) is 18.7. The zero-order valence-electron chi connectivity index (χ0n) is 15.4. The molecule has 1 fully saturated rings. The number of hydrogen-bond acceptors (Lipinski definition) is 4. The Morgan fingerprint density at radius 3 is 2.79 bits per heavy atom. The standard InChI is InChI=1S/C21H20FN3O2S/c1-13-5-10-16-17(12-13)24-21(23-16)28-18-4-2-3-11-25(20(18)27)19(26)14-6-8-15(22)9-7-14/h5-10,12,18H,2-4,11H2,1H3,(H,23,24)/t18-/m1/s1. The van der Waals surface area contributed by atoms with Crippen LogP contribution in [0.25, 0.3) is 11.0 Å². The van der Waals surface area contributed by atoms with Crippen LogP contribution < -0.4 is 0 Å². The van der Waals surface area contributed by atoms with E-state index in [1.807, 2.05) is 25.1 Å². The van der Waals surface area contributed by atoms with Crippen LogP contribution in [-0.2, 0) is 4.79 Å². The van der Waals surface area contributed by atoms with Crippen LogP contribution in [0.5, 0.6) is 0 Å². The molecule has 0 spiro atoms. The minimum atomic E-state index is -0.410. The number of nitrogens with one attached hydrogen (secondary N) is 1. The zero-order valence-corrected chi connectivity index (χ0v) is 16.3. The highest BCUT2D eigenvalue weighted by atomic mass is 32.2. The van der Waals surface area contributed by atoms with E-state index in [1.165, 1.54) is 40.9 Å². The summed E-state index contributed by atoms with van der Waals surface area (Å²) in [4.78, 5) is 35.0. The van der Waals surface area contributed by atoms with Gasteiger partial charge in [0.1, 0.15) is 5.82 Å². The van der Waals surface area contributed by atoms with Gasteiger partial charge in [0.15, 0.2) is 5.16 Å². The number of H-pyrrole nitrogens is 1. The van der Waals surface area contributed by atoms with Crippen molar-refractivity contribution in [3.05, 3.63) is 59.4 Å². The van der Waals surface area contributed by atoms with Crippen LogP contribution in [0.3, 0.4) is 0 Å². The molecule has 1 N–H and O–H groups in total. The Morgan fingerprint density at radius 2 is 2.00 bits per heavy atom. The van der Waals surface area contributed by atoms with Crippen molar-refractivity contribution < 1.29 is 14.0 Å². The minimum Gasteiger partial charge on any atom is -0.333 e. The smallest absolute Gasteiger partial charge is 0.260 e. The lowest BCUT2D eigenvalue weighted by Gasteiger charge is -2.22. The fraction of sp³-hybridized carbons (Fsp3) is 0.286. The largest absolute Gasteiger partial charge is 0.333 e. The number of hydrogen-bond donors (Lipinski definition) is 1. The second-order valence-electron chi connectivity index (χ2n) is 6.97. The van der Waals surface area contributed by atoms with E-state index in [9.17, 15) is 14.0 Å². The molecule has 3 aromatic rings. The van der Waals surface area contributed by atoms with E-state index in [2.05, 4.69) is 9.97 Å². The van der Waals surface area contributed by atoms with E-state index in [0.717, 1.165) is 29.4 Å². The van der Waals surface area contributed by atoms with Gasteiger partial charge in [0, 0.05) is 12.1 Å². The summed E-state index contributed by atoms with van der Waals surface area (Å²) in [5.74, 6) is -1.00. The van der Waals surface area contributed by atoms with Gasteiger partial charge in [0.2, 0.25) is 5.91 Å². The molecule has 2 amide bonds. The number of aromatic amines is 1. The van der Waals surface area contributed by atoms with Crippen LogP contribution in [0.15, 0.2) is 47.6 Å². The Morgan fingerprint density at radius 1 is 1.21 bits per heavy atom. The number of likely N-dealkylation sites (tertiary alicyclic amines) is 1. The first-order valence-corrected chi connectivity index (χ1v) is 10.1. The Balaban J connectivity index is 1.55. The fourth-order valence-electron chi connectivity index (χ4n) is 3.36. The van der Waals surface area contributed by atoms with E-state index in [4.69, 9.17) is 0 Å². The van der Waals surface area contributed by atoms with Crippen molar-refractivity contribution in [3.8, 4) is 0 Å². The summed E-state index contributed by atoms with van der Waals surface area (Å²) >= 11 is 1.37. The average molecular weight is 397 g/mol. The number of aryl methyl sites for hydroxylation is 1. The van der Waals surface area contributed by atoms with Gasteiger partial charge in [-0.1, -0.05) is 24.2 Å². The number of halogens is 1. The number of imidazole rings is 1. The molecule has 0 bridgehead atoms. The number of imide groups is 1. The number of nitrogens with zero attached hydrogens (tertiary/aromatic N) is 2. The fourth-order valence-corrected chi connectivity index (χ4v) is 4.46. The molecule has 0 saturated carbocycles. The van der Waals surface area contributed by atoms with E-state index >= 15 is 0 Å². The van der Waals surface area contributed by atoms with Gasteiger partial charge in [-0.05, 0) is 61.7 Å². The van der Waals surface area contributed by atoms with Crippen LogP contribution in [0, 0.1) is 12.7 Å². The van der Waals surface area contributed by atoms with Crippen LogP contribution >= 0.6 is 11.8 Å². The van der Waals surface area contributed by atoms with Crippen molar-refractivity contribution in [2.75, 3.05) is 6.54 Å². The third-order valence-corrected chi connectivity index (χ3v) is 5.98. The molecule has 1 atom stereocenters. The molecule has 144 valence electrons. The molecule has 1 aromatic heterocycles. The van der Waals surface area contributed by atoms with Gasteiger partial charge in [0.25, 0.3) is 5.91 Å². The van der Waals surface area contributed by atoms with Crippen LogP contribution in [-0.4, -0.2) is 38.5 Å². The van der Waals surface area contributed by atoms with Gasteiger partial charge in [0.05, 0.1) is 16.3 Å². The summed E-state index contributed by atoms with van der Waals surface area (Å²) in [5, 5.41) is 0.295. The topological polar surface area (TPSA) is 66.1 Å². The summed E-state index contributed by atoms with van der Waals surface area (Å²) in [7, 11) is 0. The third-order valence-electron chi connectivity index (χ3n) is 4.85. The van der Waals surface area contributed by atoms with E-state index in [0.29, 0.717) is 23.7 Å². The Labute approximate surface area is 166 Å². The van der Waals surface area contributed by atoms with Gasteiger partial charge in [-0.25, -0.2) is 9.37 Å². The maximum absolute atomic E-state index is 13.1. The summed E-state index contributed by atoms with van der Waals surface area (Å²) in [6, 6.07) is 11.3. The summed E-state index contributed by atoms with van der Waals surface area (Å²) in [6.45, 7) is 2.40. The molecule has 28 heavy (non-hydrogen) atoms. The Kier molecular flexibility index (Phi) is 5.17. The molecule has 2 aromatic carbocycles. The number of rotatable bonds is 3. The van der Waals surface area contributed by atoms with E-state index in [-0.39, 0.29) is 17.1 Å². The summed E-state index contributed by atoms with van der Waals surface area (Å²) in [5.41, 5.74) is 3.24. The number of aromatic nitrogens is 2. The highest BCUT2D eigenvalue weighted by Gasteiger charge is 2.32. The summed E-state index contributed by atoms with van der Waals surface area (Å²) < 4.78 is 13.1. The molecule has 2 heterocycles. The van der Waals surface area contributed by atoms with Crippen molar-refractivity contribution in [3.63, 3.8) is 0 Å². The molecule has 0 aliphatic carbocycles. The second-order valence-corrected chi connectivity index (χ2v) is 8.16. The summed E-state index contributed by atoms with van der Waals surface area (Å²) in [6.07, 6.45) is 2.30. The van der Waals surface area contributed by atoms with Crippen LogP contribution in [0.2, 0.25) is 0 Å². The monoisotopic (exact) mass is 397 g/mol. The molecule has 1 saturated heterocycles. The molecule has 4 rings (SSSR count). The van der Waals surface area contributed by atoms with Gasteiger partial charge >= 0.3 is 0 Å². The number of carbonyl (C=O) groups excluding carboxylic acids is 2. The van der Waals surface area contributed by atoms with Gasteiger partial charge in [-0.15, -0.1) is 0 Å². The molecule has 7 heteroatoms. The number of amides is 2. The average Bonchev–Trinajstić information content (AvgIpc) is 2.98. The van der Waals surface area contributed by atoms with Gasteiger partial charge < -0.3 is 4.98 Å². The lowest BCUT2D eigenvalue weighted by atomic mass is 10.2. The number of fused-ring (bicyclic) bond motifs is 1. The highest BCUT2D eigenvalue weighted by Crippen LogP contribution is 2.30. The molecule has 1 aliphatic heterocycles. The molecular formula is C21H20FN3O2S. The highest BCUT2D eigenvalue weighted by molar-refractivity contribution is 8.00. The zero-order chi connectivity index (χ0) is 19.7. The van der Waals surface area contributed by atoms with Gasteiger partial charge in [-0.2, -0.15) is 0 Å². The SMILES string of the molecule is Cc1ccc2nc(S[C@@H]3CCCCN(C(=O)c4ccc(F)cc4)C3=O)[nH]c2c1. The minimum absolute atomic E-state index is 0.214. The lowest BCUT2D eigenvalue weighted by molar-refractivity contribution is -0.127. The Hall–Kier alpha value is -2.67. The van der Waals surface area contributed by atoms with Crippen molar-refractivity contribution in [2.24, 2.45) is 0 Å². The van der Waals surface area contributed by atoms with E-state index < -0.39 is 5.82 Å². The van der Waals surface area contributed by atoms with Crippen molar-refractivity contribution in [2.45, 2.75) is 36.6 Å². The predicted molar refractivity (Wildman–Crippen MR) is 107 cm³/mol. The van der Waals surface area contributed by atoms with E-state index in [1.54, 1.807) is 0 Å². The maximum atomic E-state index is 13.1. The third kappa shape index (κ3) is 3.80. The number of thioether (sulfide) groups is 1.